The van der Waals surface area contributed by atoms with Crippen LogP contribution < -0.4 is 19.7 Å². The van der Waals surface area contributed by atoms with Crippen LogP contribution in [0.5, 0.6) is 11.5 Å². The quantitative estimate of drug-likeness (QED) is 0.228. The molecule has 0 bridgehead atoms. The number of rotatable bonds is 8. The average molecular weight is 542 g/mol. The van der Waals surface area contributed by atoms with E-state index < -0.39 is 5.25 Å². The van der Waals surface area contributed by atoms with Gasteiger partial charge in [0.25, 0.3) is 0 Å². The Balaban J connectivity index is 1.51. The predicted octanol–water partition coefficient (Wildman–Crippen LogP) is 5.57. The SMILES string of the molecule is COc1ccc(CCN=C(Nc2ccc(F)cc2)S[C@H]2CC(=O)N(c3ccc(Cl)cc3)C2=O)cc1OC. The third kappa shape index (κ3) is 6.61. The summed E-state index contributed by atoms with van der Waals surface area (Å²) >= 11 is 7.12. The molecular weight excluding hydrogens is 517 g/mol. The molecule has 2 amide bonds. The third-order valence-corrected chi connectivity index (χ3v) is 7.00. The van der Waals surface area contributed by atoms with Crippen molar-refractivity contribution in [1.82, 2.24) is 0 Å². The van der Waals surface area contributed by atoms with E-state index in [4.69, 9.17) is 21.1 Å². The number of amidine groups is 1. The van der Waals surface area contributed by atoms with Gasteiger partial charge in [0, 0.05) is 23.7 Å². The van der Waals surface area contributed by atoms with Gasteiger partial charge in [0.1, 0.15) is 11.1 Å². The lowest BCUT2D eigenvalue weighted by Gasteiger charge is -2.16. The van der Waals surface area contributed by atoms with Gasteiger partial charge in [-0.1, -0.05) is 29.4 Å². The number of ether oxygens (including phenoxy) is 2. The number of amides is 2. The normalized spacial score (nSPS) is 15.7. The van der Waals surface area contributed by atoms with Gasteiger partial charge in [0.05, 0.1) is 19.9 Å². The summed E-state index contributed by atoms with van der Waals surface area (Å²) in [5.41, 5.74) is 2.08. The molecule has 0 unspecified atom stereocenters. The molecule has 4 rings (SSSR count). The molecule has 1 fully saturated rings. The summed E-state index contributed by atoms with van der Waals surface area (Å²) in [6.07, 6.45) is 0.635. The van der Waals surface area contributed by atoms with Crippen LogP contribution in [0, 0.1) is 5.82 Å². The molecule has 0 spiro atoms. The standard InChI is InChI=1S/C27H25ClFN3O4S/c1-35-22-12-3-17(15-23(22)36-2)13-14-30-27(31-20-8-6-19(29)7-9-20)37-24-16-25(33)32(26(24)34)21-10-4-18(28)5-11-21/h3-12,15,24H,13-14,16H2,1-2H3,(H,30,31)/t24-/m0/s1. The molecule has 1 saturated heterocycles. The molecule has 3 aromatic rings. The summed E-state index contributed by atoms with van der Waals surface area (Å²) in [4.78, 5) is 31.7. The van der Waals surface area contributed by atoms with Crippen molar-refractivity contribution >= 4 is 51.7 Å². The fourth-order valence-electron chi connectivity index (χ4n) is 3.78. The van der Waals surface area contributed by atoms with Crippen LogP contribution in [0.1, 0.15) is 12.0 Å². The molecule has 0 aliphatic carbocycles. The molecule has 192 valence electrons. The first kappa shape index (κ1) is 26.5. The number of nitrogens with one attached hydrogen (secondary N) is 1. The lowest BCUT2D eigenvalue weighted by atomic mass is 10.1. The Labute approximate surface area is 223 Å². The number of carbonyl (C=O) groups is 2. The van der Waals surface area contributed by atoms with Gasteiger partial charge in [0.15, 0.2) is 16.7 Å². The molecule has 0 radical (unpaired) electrons. The first-order valence-electron chi connectivity index (χ1n) is 11.4. The molecule has 1 atom stereocenters. The molecule has 7 nitrogen and oxygen atoms in total. The average Bonchev–Trinajstić information content (AvgIpc) is 3.18. The number of benzene rings is 3. The fourth-order valence-corrected chi connectivity index (χ4v) is 4.95. The van der Waals surface area contributed by atoms with Gasteiger partial charge in [0.2, 0.25) is 11.8 Å². The van der Waals surface area contributed by atoms with Gasteiger partial charge in [-0.15, -0.1) is 0 Å². The highest BCUT2D eigenvalue weighted by molar-refractivity contribution is 8.15. The number of hydrogen-bond acceptors (Lipinski definition) is 6. The Hall–Kier alpha value is -3.56. The van der Waals surface area contributed by atoms with Crippen molar-refractivity contribution in [2.24, 2.45) is 4.99 Å². The summed E-state index contributed by atoms with van der Waals surface area (Å²) in [6, 6.07) is 18.0. The van der Waals surface area contributed by atoms with Crippen LogP contribution >= 0.6 is 23.4 Å². The number of halogens is 2. The van der Waals surface area contributed by atoms with Gasteiger partial charge < -0.3 is 14.8 Å². The van der Waals surface area contributed by atoms with Crippen molar-refractivity contribution in [3.63, 3.8) is 0 Å². The number of aliphatic imine (C=N–C) groups is 1. The highest BCUT2D eigenvalue weighted by Crippen LogP contribution is 2.32. The van der Waals surface area contributed by atoms with E-state index in [2.05, 4.69) is 10.3 Å². The molecule has 1 N–H and O–H groups in total. The van der Waals surface area contributed by atoms with E-state index in [0.29, 0.717) is 46.0 Å². The molecule has 10 heteroatoms. The monoisotopic (exact) mass is 541 g/mol. The van der Waals surface area contributed by atoms with Crippen molar-refractivity contribution in [2.75, 3.05) is 31.0 Å². The molecule has 1 aliphatic rings. The van der Waals surface area contributed by atoms with Crippen molar-refractivity contribution in [3.05, 3.63) is 83.1 Å². The van der Waals surface area contributed by atoms with E-state index in [9.17, 15) is 14.0 Å². The molecule has 1 heterocycles. The third-order valence-electron chi connectivity index (χ3n) is 5.64. The molecule has 37 heavy (non-hydrogen) atoms. The van der Waals surface area contributed by atoms with Crippen LogP contribution in [-0.2, 0) is 16.0 Å². The number of nitrogens with zero attached hydrogens (tertiary/aromatic N) is 2. The number of hydrogen-bond donors (Lipinski definition) is 1. The first-order chi connectivity index (χ1) is 17.9. The van der Waals surface area contributed by atoms with E-state index in [1.54, 1.807) is 50.6 Å². The highest BCUT2D eigenvalue weighted by atomic mass is 35.5. The van der Waals surface area contributed by atoms with Gasteiger partial charge in [-0.3, -0.25) is 14.6 Å². The van der Waals surface area contributed by atoms with Crippen LogP contribution in [0.2, 0.25) is 5.02 Å². The number of thioether (sulfide) groups is 1. The van der Waals surface area contributed by atoms with E-state index in [-0.39, 0.29) is 24.1 Å². The zero-order valence-electron chi connectivity index (χ0n) is 20.2. The van der Waals surface area contributed by atoms with Crippen molar-refractivity contribution in [3.8, 4) is 11.5 Å². The van der Waals surface area contributed by atoms with Crippen molar-refractivity contribution < 1.29 is 23.5 Å². The van der Waals surface area contributed by atoms with Crippen LogP contribution in [0.3, 0.4) is 0 Å². The van der Waals surface area contributed by atoms with Crippen LogP contribution in [-0.4, -0.2) is 43.0 Å². The maximum absolute atomic E-state index is 13.4. The lowest BCUT2D eigenvalue weighted by Crippen LogP contribution is -2.31. The predicted molar refractivity (Wildman–Crippen MR) is 146 cm³/mol. The zero-order chi connectivity index (χ0) is 26.4. The minimum atomic E-state index is -0.657. The summed E-state index contributed by atoms with van der Waals surface area (Å²) < 4.78 is 24.1. The smallest absolute Gasteiger partial charge is 0.247 e. The second-order valence-electron chi connectivity index (χ2n) is 8.11. The molecular formula is C27H25ClFN3O4S. The van der Waals surface area contributed by atoms with E-state index >= 15 is 0 Å². The maximum Gasteiger partial charge on any atom is 0.247 e. The van der Waals surface area contributed by atoms with E-state index in [1.165, 1.54) is 28.8 Å². The summed E-state index contributed by atoms with van der Waals surface area (Å²) in [6.45, 7) is 0.405. The molecule has 0 saturated carbocycles. The van der Waals surface area contributed by atoms with Crippen molar-refractivity contribution in [1.29, 1.82) is 0 Å². The van der Waals surface area contributed by atoms with Gasteiger partial charge in [-0.25, -0.2) is 9.29 Å². The van der Waals surface area contributed by atoms with E-state index in [1.807, 2.05) is 18.2 Å². The minimum absolute atomic E-state index is 0.0337. The number of anilines is 2. The lowest BCUT2D eigenvalue weighted by molar-refractivity contribution is -0.121. The second-order valence-corrected chi connectivity index (χ2v) is 9.74. The Morgan fingerprint density at radius 2 is 1.76 bits per heavy atom. The van der Waals surface area contributed by atoms with E-state index in [0.717, 1.165) is 5.56 Å². The number of methoxy groups -OCH3 is 2. The maximum atomic E-state index is 13.4. The Kier molecular flexibility index (Phi) is 8.68. The Morgan fingerprint density at radius 1 is 1.05 bits per heavy atom. The summed E-state index contributed by atoms with van der Waals surface area (Å²) in [7, 11) is 3.16. The first-order valence-corrected chi connectivity index (χ1v) is 12.7. The summed E-state index contributed by atoms with van der Waals surface area (Å²) in [5, 5.41) is 3.47. The number of imide groups is 1. The van der Waals surface area contributed by atoms with Gasteiger partial charge >= 0.3 is 0 Å². The largest absolute Gasteiger partial charge is 0.493 e. The highest BCUT2D eigenvalue weighted by Gasteiger charge is 2.40. The van der Waals surface area contributed by atoms with Crippen LogP contribution in [0.4, 0.5) is 15.8 Å². The van der Waals surface area contributed by atoms with Crippen molar-refractivity contribution in [2.45, 2.75) is 18.1 Å². The molecule has 1 aliphatic heterocycles. The fraction of sp³-hybridized carbons (Fsp3) is 0.222. The second kappa shape index (κ2) is 12.1. The van der Waals surface area contributed by atoms with Gasteiger partial charge in [-0.2, -0.15) is 0 Å². The van der Waals surface area contributed by atoms with Crippen LogP contribution in [0.15, 0.2) is 71.7 Å². The summed E-state index contributed by atoms with van der Waals surface area (Å²) in [5.74, 6) is 0.279. The number of carbonyl (C=O) groups excluding carboxylic acids is 2. The molecule has 0 aromatic heterocycles. The van der Waals surface area contributed by atoms with Gasteiger partial charge in [-0.05, 0) is 72.6 Å². The topological polar surface area (TPSA) is 80.2 Å². The Morgan fingerprint density at radius 3 is 2.43 bits per heavy atom. The minimum Gasteiger partial charge on any atom is -0.493 e. The zero-order valence-corrected chi connectivity index (χ0v) is 21.8. The molecule has 3 aromatic carbocycles. The Bertz CT molecular complexity index is 1300. The van der Waals surface area contributed by atoms with Crippen LogP contribution in [0.25, 0.3) is 0 Å².